The lowest BCUT2D eigenvalue weighted by atomic mass is 10.2. The summed E-state index contributed by atoms with van der Waals surface area (Å²) in [4.78, 5) is 10.5. The number of aliphatic carboxylic acids is 1. The zero-order chi connectivity index (χ0) is 12.8. The van der Waals surface area contributed by atoms with Crippen LogP contribution >= 0.6 is 11.6 Å². The number of methoxy groups -OCH3 is 1. The van der Waals surface area contributed by atoms with Crippen molar-refractivity contribution >= 4 is 17.6 Å². The van der Waals surface area contributed by atoms with Gasteiger partial charge in [0, 0.05) is 0 Å². The standard InChI is InChI=1S/C11H13ClO5/c1-16-10-4-7(5-13)2-3-9(10)17-6-8(12)11(14)15/h2-4,8,13H,5-6H2,1H3,(H,14,15). The summed E-state index contributed by atoms with van der Waals surface area (Å²) in [5.74, 6) is -0.333. The summed E-state index contributed by atoms with van der Waals surface area (Å²) >= 11 is 5.51. The number of benzene rings is 1. The van der Waals surface area contributed by atoms with Gasteiger partial charge in [0.25, 0.3) is 0 Å². The molecule has 5 nitrogen and oxygen atoms in total. The largest absolute Gasteiger partial charge is 0.493 e. The summed E-state index contributed by atoms with van der Waals surface area (Å²) < 4.78 is 10.3. The molecule has 1 aromatic rings. The summed E-state index contributed by atoms with van der Waals surface area (Å²) in [6.07, 6.45) is 0. The molecular weight excluding hydrogens is 248 g/mol. The van der Waals surface area contributed by atoms with E-state index >= 15 is 0 Å². The minimum absolute atomic E-state index is 0.107. The number of aliphatic hydroxyl groups excluding tert-OH is 1. The van der Waals surface area contributed by atoms with E-state index in [4.69, 9.17) is 31.3 Å². The van der Waals surface area contributed by atoms with Crippen LogP contribution in [0.25, 0.3) is 0 Å². The van der Waals surface area contributed by atoms with Crippen molar-refractivity contribution in [2.75, 3.05) is 13.7 Å². The molecule has 1 unspecified atom stereocenters. The lowest BCUT2D eigenvalue weighted by Gasteiger charge is -2.12. The fraction of sp³-hybridized carbons (Fsp3) is 0.364. The molecule has 1 atom stereocenters. The van der Waals surface area contributed by atoms with Crippen molar-refractivity contribution in [3.63, 3.8) is 0 Å². The average molecular weight is 261 g/mol. The van der Waals surface area contributed by atoms with E-state index in [0.717, 1.165) is 0 Å². The van der Waals surface area contributed by atoms with Crippen LogP contribution in [-0.2, 0) is 11.4 Å². The third-order valence-electron chi connectivity index (χ3n) is 2.06. The number of aliphatic hydroxyl groups is 1. The number of carboxylic acid groups (broad SMARTS) is 1. The molecule has 0 heterocycles. The van der Waals surface area contributed by atoms with Crippen molar-refractivity contribution in [2.45, 2.75) is 12.0 Å². The van der Waals surface area contributed by atoms with Gasteiger partial charge in [-0.15, -0.1) is 11.6 Å². The van der Waals surface area contributed by atoms with Gasteiger partial charge in [0.1, 0.15) is 6.61 Å². The van der Waals surface area contributed by atoms with Gasteiger partial charge < -0.3 is 19.7 Å². The Morgan fingerprint density at radius 3 is 2.71 bits per heavy atom. The molecule has 0 aromatic heterocycles. The normalized spacial score (nSPS) is 11.9. The number of alkyl halides is 1. The van der Waals surface area contributed by atoms with Gasteiger partial charge in [-0.3, -0.25) is 4.79 Å². The molecule has 0 spiro atoms. The van der Waals surface area contributed by atoms with Crippen LogP contribution in [0.15, 0.2) is 18.2 Å². The Hall–Kier alpha value is -1.46. The van der Waals surface area contributed by atoms with Gasteiger partial charge in [-0.05, 0) is 17.7 Å². The maximum Gasteiger partial charge on any atom is 0.325 e. The Morgan fingerprint density at radius 2 is 2.18 bits per heavy atom. The van der Waals surface area contributed by atoms with Crippen molar-refractivity contribution in [1.29, 1.82) is 0 Å². The molecule has 17 heavy (non-hydrogen) atoms. The Bertz CT molecular complexity index is 393. The molecule has 0 radical (unpaired) electrons. The lowest BCUT2D eigenvalue weighted by molar-refractivity contribution is -0.137. The van der Waals surface area contributed by atoms with E-state index in [1.807, 2.05) is 0 Å². The van der Waals surface area contributed by atoms with Gasteiger partial charge in [-0.1, -0.05) is 6.07 Å². The fourth-order valence-electron chi connectivity index (χ4n) is 1.16. The third kappa shape index (κ3) is 3.80. The molecule has 0 fully saturated rings. The third-order valence-corrected chi connectivity index (χ3v) is 2.38. The van der Waals surface area contributed by atoms with Gasteiger partial charge in [0.05, 0.1) is 13.7 Å². The van der Waals surface area contributed by atoms with Gasteiger partial charge in [0.2, 0.25) is 0 Å². The van der Waals surface area contributed by atoms with E-state index < -0.39 is 11.3 Å². The molecule has 2 N–H and O–H groups in total. The highest BCUT2D eigenvalue weighted by molar-refractivity contribution is 6.29. The van der Waals surface area contributed by atoms with E-state index in [1.54, 1.807) is 18.2 Å². The number of ether oxygens (including phenoxy) is 2. The van der Waals surface area contributed by atoms with Gasteiger partial charge in [-0.2, -0.15) is 0 Å². The minimum Gasteiger partial charge on any atom is -0.493 e. The molecular formula is C11H13ClO5. The number of halogens is 1. The molecule has 6 heteroatoms. The van der Waals surface area contributed by atoms with Crippen LogP contribution in [0.1, 0.15) is 5.56 Å². The Morgan fingerprint density at radius 1 is 1.47 bits per heavy atom. The topological polar surface area (TPSA) is 76.0 Å². The summed E-state index contributed by atoms with van der Waals surface area (Å²) in [5, 5.41) is 16.4. The second kappa shape index (κ2) is 6.32. The lowest BCUT2D eigenvalue weighted by Crippen LogP contribution is -2.21. The summed E-state index contributed by atoms with van der Waals surface area (Å²) in [6, 6.07) is 4.86. The molecule has 0 aliphatic carbocycles. The number of hydrogen-bond donors (Lipinski definition) is 2. The highest BCUT2D eigenvalue weighted by Crippen LogP contribution is 2.28. The number of carbonyl (C=O) groups is 1. The van der Waals surface area contributed by atoms with E-state index in [-0.39, 0.29) is 13.2 Å². The van der Waals surface area contributed by atoms with E-state index in [0.29, 0.717) is 17.1 Å². The van der Waals surface area contributed by atoms with Crippen LogP contribution in [0.3, 0.4) is 0 Å². The monoisotopic (exact) mass is 260 g/mol. The SMILES string of the molecule is COc1cc(CO)ccc1OCC(Cl)C(=O)O. The van der Waals surface area contributed by atoms with Crippen LogP contribution in [0, 0.1) is 0 Å². The maximum atomic E-state index is 10.5. The average Bonchev–Trinajstić information content (AvgIpc) is 2.35. The van der Waals surface area contributed by atoms with Gasteiger partial charge in [0.15, 0.2) is 16.9 Å². The minimum atomic E-state index is -1.14. The first kappa shape index (κ1) is 13.6. The fourth-order valence-corrected chi connectivity index (χ4v) is 1.23. The summed E-state index contributed by atoms with van der Waals surface area (Å²) in [6.45, 7) is -0.268. The first-order valence-electron chi connectivity index (χ1n) is 4.86. The quantitative estimate of drug-likeness (QED) is 0.753. The first-order valence-corrected chi connectivity index (χ1v) is 5.29. The molecule has 0 saturated heterocycles. The van der Waals surface area contributed by atoms with E-state index in [2.05, 4.69) is 0 Å². The molecule has 0 saturated carbocycles. The Balaban J connectivity index is 2.73. The van der Waals surface area contributed by atoms with E-state index in [9.17, 15) is 4.79 Å². The number of hydrogen-bond acceptors (Lipinski definition) is 4. The van der Waals surface area contributed by atoms with Crippen molar-refractivity contribution < 1.29 is 24.5 Å². The van der Waals surface area contributed by atoms with E-state index in [1.165, 1.54) is 7.11 Å². The summed E-state index contributed by atoms with van der Waals surface area (Å²) in [5.41, 5.74) is 0.676. The van der Waals surface area contributed by atoms with Crippen molar-refractivity contribution in [1.82, 2.24) is 0 Å². The van der Waals surface area contributed by atoms with Crippen LogP contribution in [-0.4, -0.2) is 35.3 Å². The molecule has 0 aliphatic heterocycles. The Labute approximate surface area is 104 Å². The highest BCUT2D eigenvalue weighted by atomic mass is 35.5. The predicted molar refractivity (Wildman–Crippen MR) is 61.7 cm³/mol. The van der Waals surface area contributed by atoms with Crippen molar-refractivity contribution in [3.05, 3.63) is 23.8 Å². The first-order chi connectivity index (χ1) is 8.08. The second-order valence-corrected chi connectivity index (χ2v) is 3.79. The van der Waals surface area contributed by atoms with Crippen molar-refractivity contribution in [2.24, 2.45) is 0 Å². The van der Waals surface area contributed by atoms with Crippen LogP contribution in [0.4, 0.5) is 0 Å². The van der Waals surface area contributed by atoms with Gasteiger partial charge >= 0.3 is 5.97 Å². The Kier molecular flexibility index (Phi) is 5.06. The van der Waals surface area contributed by atoms with Crippen LogP contribution in [0.2, 0.25) is 0 Å². The molecule has 94 valence electrons. The summed E-state index contributed by atoms with van der Waals surface area (Å²) in [7, 11) is 1.46. The predicted octanol–water partition coefficient (Wildman–Crippen LogP) is 1.26. The van der Waals surface area contributed by atoms with Crippen LogP contribution in [0.5, 0.6) is 11.5 Å². The number of rotatable bonds is 6. The molecule has 1 aromatic carbocycles. The molecule has 0 bridgehead atoms. The molecule has 0 amide bonds. The van der Waals surface area contributed by atoms with Crippen LogP contribution < -0.4 is 9.47 Å². The van der Waals surface area contributed by atoms with Crippen molar-refractivity contribution in [3.8, 4) is 11.5 Å². The zero-order valence-electron chi connectivity index (χ0n) is 9.22. The second-order valence-electron chi connectivity index (χ2n) is 3.26. The molecule has 0 aliphatic rings. The van der Waals surface area contributed by atoms with Gasteiger partial charge in [-0.25, -0.2) is 0 Å². The smallest absolute Gasteiger partial charge is 0.325 e. The molecule has 1 rings (SSSR count). The highest BCUT2D eigenvalue weighted by Gasteiger charge is 2.15. The number of carboxylic acids is 1. The zero-order valence-corrected chi connectivity index (χ0v) is 9.98. The maximum absolute atomic E-state index is 10.5.